The van der Waals surface area contributed by atoms with Gasteiger partial charge in [0.2, 0.25) is 5.91 Å². The molecule has 2 aromatic carbocycles. The Labute approximate surface area is 241 Å². The van der Waals surface area contributed by atoms with E-state index in [9.17, 15) is 14.4 Å². The lowest BCUT2D eigenvalue weighted by atomic mass is 10.0. The lowest BCUT2D eigenvalue weighted by molar-refractivity contribution is -0.138. The first-order valence-electron chi connectivity index (χ1n) is 14.0. The Hall–Kier alpha value is -3.30. The monoisotopic (exact) mass is 570 g/mol. The molecule has 2 aromatic rings. The van der Waals surface area contributed by atoms with Gasteiger partial charge in [0, 0.05) is 37.9 Å². The predicted molar refractivity (Wildman–Crippen MR) is 155 cm³/mol. The van der Waals surface area contributed by atoms with Gasteiger partial charge in [-0.15, -0.1) is 0 Å². The number of urea groups is 1. The number of halogens is 1. The van der Waals surface area contributed by atoms with Gasteiger partial charge in [0.05, 0.1) is 30.4 Å². The largest absolute Gasteiger partial charge is 0.494 e. The van der Waals surface area contributed by atoms with E-state index in [2.05, 4.69) is 5.32 Å². The number of ether oxygens (including phenoxy) is 2. The van der Waals surface area contributed by atoms with Crippen molar-refractivity contribution >= 4 is 35.1 Å². The number of nitrogens with zero attached hydrogens (tertiary/aromatic N) is 3. The fourth-order valence-corrected chi connectivity index (χ4v) is 5.26. The molecule has 0 spiro atoms. The third-order valence-electron chi connectivity index (χ3n) is 7.29. The fraction of sp³-hybridized carbons (Fsp3) is 0.500. The number of hydrogen-bond donors (Lipinski definition) is 1. The Morgan fingerprint density at radius 1 is 1.12 bits per heavy atom. The highest BCUT2D eigenvalue weighted by Gasteiger charge is 2.35. The number of rotatable bonds is 7. The highest BCUT2D eigenvalue weighted by molar-refractivity contribution is 6.34. The van der Waals surface area contributed by atoms with Gasteiger partial charge in [-0.2, -0.15) is 0 Å². The number of carbonyl (C=O) groups is 3. The number of carbonyl (C=O) groups excluding carboxylic acids is 3. The van der Waals surface area contributed by atoms with E-state index in [1.165, 1.54) is 0 Å². The molecule has 40 heavy (non-hydrogen) atoms. The summed E-state index contributed by atoms with van der Waals surface area (Å²) in [5.74, 6) is 0.157. The number of para-hydroxylation sites is 1. The summed E-state index contributed by atoms with van der Waals surface area (Å²) in [5.41, 5.74) is 1.92. The van der Waals surface area contributed by atoms with Gasteiger partial charge >= 0.3 is 6.03 Å². The first kappa shape index (κ1) is 29.7. The number of amides is 4. The third kappa shape index (κ3) is 6.70. The molecule has 10 heteroatoms. The van der Waals surface area contributed by atoms with E-state index >= 15 is 0 Å². The molecule has 0 radical (unpaired) electrons. The standard InChI is InChI=1S/C30H39ClN4O5/c1-5-14-40-23-10-11-24(25(31)17-23)28(36)35-18-21(4)34(19-22-8-6-7-9-26(22)35)30(38)32-27(20(2)3)29(37)33-12-15-39-16-13-33/h6-11,17,20-21,27H,5,12-16,18-19H2,1-4H3,(H,32,38)/t21-,27+/m0/s1. The molecule has 216 valence electrons. The van der Waals surface area contributed by atoms with Gasteiger partial charge in [-0.05, 0) is 49.1 Å². The Morgan fingerprint density at radius 3 is 2.52 bits per heavy atom. The molecule has 2 aliphatic heterocycles. The molecule has 4 amide bonds. The molecule has 0 unspecified atom stereocenters. The van der Waals surface area contributed by atoms with Crippen LogP contribution in [0.2, 0.25) is 5.02 Å². The Morgan fingerprint density at radius 2 is 1.85 bits per heavy atom. The summed E-state index contributed by atoms with van der Waals surface area (Å²) in [6.07, 6.45) is 0.865. The van der Waals surface area contributed by atoms with Crippen molar-refractivity contribution in [3.8, 4) is 5.75 Å². The first-order valence-corrected chi connectivity index (χ1v) is 14.3. The molecule has 4 rings (SSSR count). The van der Waals surface area contributed by atoms with Gasteiger partial charge < -0.3 is 29.5 Å². The summed E-state index contributed by atoms with van der Waals surface area (Å²) in [7, 11) is 0. The fourth-order valence-electron chi connectivity index (χ4n) is 5.01. The van der Waals surface area contributed by atoms with Crippen molar-refractivity contribution in [2.75, 3.05) is 44.4 Å². The molecule has 2 heterocycles. The van der Waals surface area contributed by atoms with Crippen LogP contribution in [0.1, 0.15) is 50.0 Å². The van der Waals surface area contributed by atoms with Crippen molar-refractivity contribution in [1.82, 2.24) is 15.1 Å². The number of morpholine rings is 1. The van der Waals surface area contributed by atoms with Crippen molar-refractivity contribution in [3.63, 3.8) is 0 Å². The van der Waals surface area contributed by atoms with Crippen molar-refractivity contribution < 1.29 is 23.9 Å². The maximum absolute atomic E-state index is 13.8. The summed E-state index contributed by atoms with van der Waals surface area (Å²) in [5, 5.41) is 3.31. The number of hydrogen-bond acceptors (Lipinski definition) is 5. The lowest BCUT2D eigenvalue weighted by Gasteiger charge is -2.35. The highest BCUT2D eigenvalue weighted by Crippen LogP contribution is 2.31. The number of fused-ring (bicyclic) bond motifs is 1. The highest BCUT2D eigenvalue weighted by atomic mass is 35.5. The van der Waals surface area contributed by atoms with Crippen LogP contribution >= 0.6 is 11.6 Å². The van der Waals surface area contributed by atoms with E-state index in [4.69, 9.17) is 21.1 Å². The molecular formula is C30H39ClN4O5. The minimum atomic E-state index is -0.665. The summed E-state index contributed by atoms with van der Waals surface area (Å²) >= 11 is 6.54. The van der Waals surface area contributed by atoms with E-state index in [1.54, 1.807) is 32.9 Å². The topological polar surface area (TPSA) is 91.4 Å². The zero-order valence-electron chi connectivity index (χ0n) is 23.7. The van der Waals surface area contributed by atoms with Crippen LogP contribution in [-0.4, -0.2) is 79.2 Å². The molecule has 2 aliphatic rings. The van der Waals surface area contributed by atoms with Gasteiger partial charge in [0.25, 0.3) is 5.91 Å². The summed E-state index contributed by atoms with van der Waals surface area (Å²) in [6, 6.07) is 11.3. The van der Waals surface area contributed by atoms with Crippen LogP contribution in [0.5, 0.6) is 5.75 Å². The molecule has 0 aromatic heterocycles. The van der Waals surface area contributed by atoms with Gasteiger partial charge in [-0.1, -0.05) is 50.6 Å². The quantitative estimate of drug-likeness (QED) is 0.526. The SMILES string of the molecule is CCCOc1ccc(C(=O)N2C[C@H](C)N(C(=O)N[C@@H](C(=O)N3CCOCC3)C(C)C)Cc3ccccc32)c(Cl)c1. The second-order valence-corrected chi connectivity index (χ2v) is 11.0. The van der Waals surface area contributed by atoms with E-state index in [-0.39, 0.29) is 36.3 Å². The average Bonchev–Trinajstić information content (AvgIpc) is 3.10. The molecular weight excluding hydrogens is 532 g/mol. The molecule has 1 N–H and O–H groups in total. The zero-order valence-corrected chi connectivity index (χ0v) is 24.4. The molecule has 1 saturated heterocycles. The van der Waals surface area contributed by atoms with E-state index in [0.717, 1.165) is 17.7 Å². The van der Waals surface area contributed by atoms with Crippen molar-refractivity contribution in [3.05, 3.63) is 58.6 Å². The van der Waals surface area contributed by atoms with E-state index in [1.807, 2.05) is 52.0 Å². The number of nitrogens with one attached hydrogen (secondary N) is 1. The molecule has 1 fully saturated rings. The van der Waals surface area contributed by atoms with Gasteiger partial charge in [0.15, 0.2) is 0 Å². The number of benzene rings is 2. The minimum absolute atomic E-state index is 0.0987. The molecule has 2 atom stereocenters. The average molecular weight is 571 g/mol. The predicted octanol–water partition coefficient (Wildman–Crippen LogP) is 4.57. The smallest absolute Gasteiger partial charge is 0.318 e. The van der Waals surface area contributed by atoms with Gasteiger partial charge in [-0.25, -0.2) is 4.79 Å². The maximum Gasteiger partial charge on any atom is 0.318 e. The van der Waals surface area contributed by atoms with Crippen LogP contribution in [0.15, 0.2) is 42.5 Å². The van der Waals surface area contributed by atoms with Crippen LogP contribution in [0.4, 0.5) is 10.5 Å². The lowest BCUT2D eigenvalue weighted by Crippen LogP contribution is -2.57. The number of anilines is 1. The molecule has 0 bridgehead atoms. The summed E-state index contributed by atoms with van der Waals surface area (Å²) in [6.45, 7) is 10.9. The van der Waals surface area contributed by atoms with E-state index < -0.39 is 6.04 Å². The summed E-state index contributed by atoms with van der Waals surface area (Å²) < 4.78 is 11.0. The van der Waals surface area contributed by atoms with Gasteiger partial charge in [-0.3, -0.25) is 9.59 Å². The molecule has 9 nitrogen and oxygen atoms in total. The molecule has 0 aliphatic carbocycles. The Balaban J connectivity index is 1.56. The second-order valence-electron chi connectivity index (χ2n) is 10.6. The van der Waals surface area contributed by atoms with Crippen LogP contribution in [-0.2, 0) is 16.1 Å². The van der Waals surface area contributed by atoms with Crippen LogP contribution in [0.3, 0.4) is 0 Å². The van der Waals surface area contributed by atoms with Crippen LogP contribution in [0, 0.1) is 5.92 Å². The van der Waals surface area contributed by atoms with Crippen molar-refractivity contribution in [1.29, 1.82) is 0 Å². The van der Waals surface area contributed by atoms with Crippen molar-refractivity contribution in [2.45, 2.75) is 52.7 Å². The van der Waals surface area contributed by atoms with Crippen molar-refractivity contribution in [2.24, 2.45) is 5.92 Å². The Kier molecular flexibility index (Phi) is 9.92. The van der Waals surface area contributed by atoms with E-state index in [0.29, 0.717) is 55.8 Å². The maximum atomic E-state index is 13.8. The van der Waals surface area contributed by atoms with Crippen LogP contribution in [0.25, 0.3) is 0 Å². The van der Waals surface area contributed by atoms with Crippen LogP contribution < -0.4 is 15.0 Å². The third-order valence-corrected chi connectivity index (χ3v) is 7.60. The normalized spacial score (nSPS) is 18.1. The first-order chi connectivity index (χ1) is 19.2. The minimum Gasteiger partial charge on any atom is -0.494 e. The zero-order chi connectivity index (χ0) is 28.8. The molecule has 0 saturated carbocycles. The Bertz CT molecular complexity index is 1220. The van der Waals surface area contributed by atoms with Gasteiger partial charge in [0.1, 0.15) is 11.8 Å². The second kappa shape index (κ2) is 13.4. The summed E-state index contributed by atoms with van der Waals surface area (Å²) in [4.78, 5) is 45.9.